The van der Waals surface area contributed by atoms with Gasteiger partial charge in [-0.25, -0.2) is 12.7 Å². The van der Waals surface area contributed by atoms with Gasteiger partial charge in [0.15, 0.2) is 0 Å². The second-order valence-corrected chi connectivity index (χ2v) is 7.85. The van der Waals surface area contributed by atoms with Gasteiger partial charge in [-0.2, -0.15) is 5.10 Å². The average molecular weight is 314 g/mol. The van der Waals surface area contributed by atoms with Crippen molar-refractivity contribution in [1.29, 1.82) is 0 Å². The Labute approximate surface area is 127 Å². The lowest BCUT2D eigenvalue weighted by Crippen LogP contribution is -2.46. The Balaban J connectivity index is 1.86. The van der Waals surface area contributed by atoms with Crippen LogP contribution in [0.5, 0.6) is 0 Å². The van der Waals surface area contributed by atoms with Gasteiger partial charge in [-0.05, 0) is 32.3 Å². The van der Waals surface area contributed by atoms with E-state index in [1.165, 1.54) is 0 Å². The van der Waals surface area contributed by atoms with E-state index < -0.39 is 10.0 Å². The Kier molecular flexibility index (Phi) is 5.40. The Morgan fingerprint density at radius 3 is 2.62 bits per heavy atom. The van der Waals surface area contributed by atoms with Gasteiger partial charge >= 0.3 is 0 Å². The topological polar surface area (TPSA) is 67.2 Å². The summed E-state index contributed by atoms with van der Waals surface area (Å²) in [6.07, 6.45) is 4.21. The van der Waals surface area contributed by atoms with Gasteiger partial charge in [-0.3, -0.25) is 4.68 Å². The summed E-state index contributed by atoms with van der Waals surface area (Å²) < 4.78 is 27.6. The molecule has 0 spiro atoms. The SMILES string of the molecule is CCCS(=O)(=O)N1CCC(NC(C)c2ccnn2C)CC1. The van der Waals surface area contributed by atoms with E-state index in [0.717, 1.165) is 18.5 Å². The van der Waals surface area contributed by atoms with Crippen LogP contribution in [0.25, 0.3) is 0 Å². The molecule has 1 N–H and O–H groups in total. The summed E-state index contributed by atoms with van der Waals surface area (Å²) >= 11 is 0. The van der Waals surface area contributed by atoms with Crippen LogP contribution in [0, 0.1) is 0 Å². The van der Waals surface area contributed by atoms with Crippen molar-refractivity contribution in [2.75, 3.05) is 18.8 Å². The van der Waals surface area contributed by atoms with E-state index in [9.17, 15) is 8.42 Å². The largest absolute Gasteiger partial charge is 0.306 e. The smallest absolute Gasteiger partial charge is 0.214 e. The van der Waals surface area contributed by atoms with Crippen LogP contribution in [0.4, 0.5) is 0 Å². The molecular formula is C14H26N4O2S. The highest BCUT2D eigenvalue weighted by atomic mass is 32.2. The maximum atomic E-state index is 12.0. The van der Waals surface area contributed by atoms with Gasteiger partial charge in [0.2, 0.25) is 10.0 Å². The number of aromatic nitrogens is 2. The van der Waals surface area contributed by atoms with E-state index in [4.69, 9.17) is 0 Å². The summed E-state index contributed by atoms with van der Waals surface area (Å²) in [6, 6.07) is 2.60. The van der Waals surface area contributed by atoms with Crippen LogP contribution in [-0.4, -0.2) is 47.4 Å². The first-order valence-electron chi connectivity index (χ1n) is 7.66. The maximum Gasteiger partial charge on any atom is 0.214 e. The van der Waals surface area contributed by atoms with Gasteiger partial charge < -0.3 is 5.32 Å². The van der Waals surface area contributed by atoms with Gasteiger partial charge in [-0.15, -0.1) is 0 Å². The average Bonchev–Trinajstić information content (AvgIpc) is 2.85. The minimum absolute atomic E-state index is 0.223. The van der Waals surface area contributed by atoms with Crippen LogP contribution in [0.1, 0.15) is 44.8 Å². The van der Waals surface area contributed by atoms with Crippen molar-refractivity contribution < 1.29 is 8.42 Å². The Morgan fingerprint density at radius 1 is 1.43 bits per heavy atom. The molecule has 6 nitrogen and oxygen atoms in total. The highest BCUT2D eigenvalue weighted by Crippen LogP contribution is 2.19. The minimum Gasteiger partial charge on any atom is -0.306 e. The molecule has 120 valence electrons. The van der Waals surface area contributed by atoms with Gasteiger partial charge in [0.05, 0.1) is 11.4 Å². The molecule has 1 atom stereocenters. The number of nitrogens with zero attached hydrogens (tertiary/aromatic N) is 3. The highest BCUT2D eigenvalue weighted by Gasteiger charge is 2.28. The van der Waals surface area contributed by atoms with Crippen LogP contribution in [0.2, 0.25) is 0 Å². The molecular weight excluding hydrogens is 288 g/mol. The lowest BCUT2D eigenvalue weighted by molar-refractivity contribution is 0.274. The molecule has 21 heavy (non-hydrogen) atoms. The molecule has 0 saturated carbocycles. The zero-order valence-corrected chi connectivity index (χ0v) is 13.9. The predicted molar refractivity (Wildman–Crippen MR) is 83.4 cm³/mol. The molecule has 2 rings (SSSR count). The Morgan fingerprint density at radius 2 is 2.10 bits per heavy atom. The summed E-state index contributed by atoms with van der Waals surface area (Å²) in [5.74, 6) is 0.260. The molecule has 1 saturated heterocycles. The molecule has 1 aliphatic heterocycles. The first-order chi connectivity index (χ1) is 9.94. The second-order valence-electron chi connectivity index (χ2n) is 5.76. The molecule has 0 amide bonds. The molecule has 0 aromatic carbocycles. The third kappa shape index (κ3) is 4.05. The van der Waals surface area contributed by atoms with Crippen LogP contribution in [0.15, 0.2) is 12.3 Å². The lowest BCUT2D eigenvalue weighted by atomic mass is 10.1. The molecule has 0 bridgehead atoms. The van der Waals surface area contributed by atoms with Crippen LogP contribution in [-0.2, 0) is 17.1 Å². The van der Waals surface area contributed by atoms with Crippen molar-refractivity contribution in [2.24, 2.45) is 7.05 Å². The second kappa shape index (κ2) is 6.89. The normalized spacial score (nSPS) is 19.8. The van der Waals surface area contributed by atoms with Crippen LogP contribution < -0.4 is 5.32 Å². The lowest BCUT2D eigenvalue weighted by Gasteiger charge is -2.33. The van der Waals surface area contributed by atoms with Crippen molar-refractivity contribution in [1.82, 2.24) is 19.4 Å². The summed E-state index contributed by atoms with van der Waals surface area (Å²) in [5.41, 5.74) is 1.15. The summed E-state index contributed by atoms with van der Waals surface area (Å²) in [5, 5.41) is 7.77. The Bertz CT molecular complexity index is 547. The summed E-state index contributed by atoms with van der Waals surface area (Å²) in [7, 11) is -1.11. The summed E-state index contributed by atoms with van der Waals surface area (Å²) in [6.45, 7) is 5.27. The molecule has 0 aliphatic carbocycles. The van der Waals surface area contributed by atoms with E-state index in [-0.39, 0.29) is 11.8 Å². The van der Waals surface area contributed by atoms with E-state index >= 15 is 0 Å². The highest BCUT2D eigenvalue weighted by molar-refractivity contribution is 7.89. The quantitative estimate of drug-likeness (QED) is 0.859. The number of rotatable bonds is 6. The molecule has 1 aromatic rings. The van der Waals surface area contributed by atoms with E-state index in [2.05, 4.69) is 17.3 Å². The number of hydrogen-bond donors (Lipinski definition) is 1. The van der Waals surface area contributed by atoms with Gasteiger partial charge in [0.1, 0.15) is 0 Å². The molecule has 2 heterocycles. The fraction of sp³-hybridized carbons (Fsp3) is 0.786. The zero-order chi connectivity index (χ0) is 15.5. The zero-order valence-electron chi connectivity index (χ0n) is 13.1. The number of nitrogens with one attached hydrogen (secondary N) is 1. The van der Waals surface area contributed by atoms with Crippen LogP contribution >= 0.6 is 0 Å². The summed E-state index contributed by atoms with van der Waals surface area (Å²) in [4.78, 5) is 0. The molecule has 1 aliphatic rings. The maximum absolute atomic E-state index is 12.0. The Hall–Kier alpha value is -0.920. The number of sulfonamides is 1. The fourth-order valence-corrected chi connectivity index (χ4v) is 4.48. The van der Waals surface area contributed by atoms with Crippen molar-refractivity contribution in [2.45, 2.75) is 45.2 Å². The monoisotopic (exact) mass is 314 g/mol. The van der Waals surface area contributed by atoms with Crippen molar-refractivity contribution in [3.63, 3.8) is 0 Å². The van der Waals surface area contributed by atoms with Crippen molar-refractivity contribution >= 4 is 10.0 Å². The first-order valence-corrected chi connectivity index (χ1v) is 9.26. The standard InChI is InChI=1S/C14H26N4O2S/c1-4-11-21(19,20)18-9-6-13(7-10-18)16-12(2)14-5-8-15-17(14)3/h5,8,12-13,16H,4,6-7,9-11H2,1-3H3. The molecule has 1 fully saturated rings. The number of piperidine rings is 1. The third-order valence-corrected chi connectivity index (χ3v) is 6.17. The molecule has 7 heteroatoms. The van der Waals surface area contributed by atoms with Crippen LogP contribution in [0.3, 0.4) is 0 Å². The molecule has 1 aromatic heterocycles. The van der Waals surface area contributed by atoms with E-state index in [1.807, 2.05) is 24.7 Å². The minimum atomic E-state index is -3.04. The number of aryl methyl sites for hydroxylation is 1. The van der Waals surface area contributed by atoms with Crippen molar-refractivity contribution in [3.05, 3.63) is 18.0 Å². The van der Waals surface area contributed by atoms with E-state index in [1.54, 1.807) is 10.5 Å². The fourth-order valence-electron chi connectivity index (χ4n) is 2.94. The third-order valence-electron chi connectivity index (χ3n) is 4.10. The predicted octanol–water partition coefficient (Wildman–Crippen LogP) is 1.27. The number of hydrogen-bond acceptors (Lipinski definition) is 4. The van der Waals surface area contributed by atoms with Gasteiger partial charge in [0.25, 0.3) is 0 Å². The van der Waals surface area contributed by atoms with Gasteiger partial charge in [0, 0.05) is 38.4 Å². The first kappa shape index (κ1) is 16.5. The van der Waals surface area contributed by atoms with Gasteiger partial charge in [-0.1, -0.05) is 6.92 Å². The van der Waals surface area contributed by atoms with Crippen molar-refractivity contribution in [3.8, 4) is 0 Å². The molecule has 0 radical (unpaired) electrons. The molecule has 1 unspecified atom stereocenters. The van der Waals surface area contributed by atoms with E-state index in [0.29, 0.717) is 25.6 Å².